The third-order valence-electron chi connectivity index (χ3n) is 2.37. The molecule has 0 saturated carbocycles. The van der Waals surface area contributed by atoms with Crippen molar-refractivity contribution in [2.75, 3.05) is 0 Å². The summed E-state index contributed by atoms with van der Waals surface area (Å²) in [5, 5.41) is 18.7. The minimum atomic E-state index is -1.67. The average molecular weight is 245 g/mol. The van der Waals surface area contributed by atoms with Gasteiger partial charge in [0, 0.05) is 12.0 Å². The standard InChI is InChI=1S/C9H12O2.C3H5ClO/c1-2-9(10,11)8-6-4-3-5-7-8;1-2-3(4)5-2/h3-7,10-11H,2H2,1H3;2-3H,1H3. The Morgan fingerprint density at radius 3 is 2.06 bits per heavy atom. The molecule has 3 nitrogen and oxygen atoms in total. The van der Waals surface area contributed by atoms with Gasteiger partial charge in [0.05, 0.1) is 6.10 Å². The zero-order valence-corrected chi connectivity index (χ0v) is 10.2. The fourth-order valence-electron chi connectivity index (χ4n) is 1.07. The number of hydrogen-bond acceptors (Lipinski definition) is 3. The van der Waals surface area contributed by atoms with Gasteiger partial charge in [0.2, 0.25) is 0 Å². The molecule has 90 valence electrons. The van der Waals surface area contributed by atoms with Gasteiger partial charge in [-0.2, -0.15) is 0 Å². The van der Waals surface area contributed by atoms with Gasteiger partial charge in [-0.15, -0.1) is 0 Å². The quantitative estimate of drug-likeness (QED) is 0.476. The van der Waals surface area contributed by atoms with E-state index in [1.165, 1.54) is 0 Å². The lowest BCUT2D eigenvalue weighted by atomic mass is 10.0. The van der Waals surface area contributed by atoms with Crippen LogP contribution in [0.2, 0.25) is 0 Å². The van der Waals surface area contributed by atoms with Crippen molar-refractivity contribution in [1.82, 2.24) is 0 Å². The number of epoxide rings is 1. The van der Waals surface area contributed by atoms with Gasteiger partial charge in [-0.25, -0.2) is 0 Å². The summed E-state index contributed by atoms with van der Waals surface area (Å²) in [5.74, 6) is -1.67. The Balaban J connectivity index is 0.000000212. The molecular formula is C12H17ClO3. The van der Waals surface area contributed by atoms with Gasteiger partial charge in [-0.3, -0.25) is 0 Å². The lowest BCUT2D eigenvalue weighted by Crippen LogP contribution is -2.23. The molecular weight excluding hydrogens is 228 g/mol. The molecule has 2 atom stereocenters. The predicted octanol–water partition coefficient (Wildman–Crippen LogP) is 2.20. The molecule has 1 heterocycles. The van der Waals surface area contributed by atoms with Crippen LogP contribution in [0.5, 0.6) is 0 Å². The number of ether oxygens (including phenoxy) is 1. The van der Waals surface area contributed by atoms with Crippen LogP contribution in [0.15, 0.2) is 30.3 Å². The van der Waals surface area contributed by atoms with E-state index in [1.54, 1.807) is 31.2 Å². The number of benzene rings is 1. The van der Waals surface area contributed by atoms with Crippen molar-refractivity contribution in [3.05, 3.63) is 35.9 Å². The molecule has 1 aliphatic rings. The van der Waals surface area contributed by atoms with Gasteiger partial charge in [0.1, 0.15) is 0 Å². The van der Waals surface area contributed by atoms with E-state index >= 15 is 0 Å². The minimum absolute atomic E-state index is 0.0231. The first kappa shape index (κ1) is 13.5. The highest BCUT2D eigenvalue weighted by atomic mass is 35.5. The molecule has 16 heavy (non-hydrogen) atoms. The normalized spacial score (nSPS) is 23.3. The number of hydrogen-bond donors (Lipinski definition) is 2. The molecule has 0 spiro atoms. The molecule has 2 N–H and O–H groups in total. The van der Waals surface area contributed by atoms with E-state index in [-0.39, 0.29) is 5.56 Å². The smallest absolute Gasteiger partial charge is 0.189 e. The maximum absolute atomic E-state index is 9.35. The fourth-order valence-corrected chi connectivity index (χ4v) is 1.23. The molecule has 0 bridgehead atoms. The number of aliphatic hydroxyl groups is 2. The minimum Gasteiger partial charge on any atom is -0.362 e. The van der Waals surface area contributed by atoms with E-state index < -0.39 is 5.79 Å². The number of alkyl halides is 1. The Bertz CT molecular complexity index is 307. The molecule has 1 aromatic carbocycles. The molecule has 2 unspecified atom stereocenters. The van der Waals surface area contributed by atoms with Crippen molar-refractivity contribution < 1.29 is 14.9 Å². The molecule has 2 rings (SSSR count). The first-order valence-corrected chi connectivity index (χ1v) is 5.71. The van der Waals surface area contributed by atoms with E-state index in [9.17, 15) is 10.2 Å². The van der Waals surface area contributed by atoms with Crippen molar-refractivity contribution >= 4 is 11.6 Å². The summed E-state index contributed by atoms with van der Waals surface area (Å²) < 4.78 is 4.68. The van der Waals surface area contributed by atoms with Crippen molar-refractivity contribution in [2.45, 2.75) is 37.7 Å². The molecule has 1 saturated heterocycles. The van der Waals surface area contributed by atoms with Crippen LogP contribution in [0, 0.1) is 0 Å². The van der Waals surface area contributed by atoms with E-state index in [1.807, 2.05) is 13.0 Å². The van der Waals surface area contributed by atoms with Crippen LogP contribution >= 0.6 is 11.6 Å². The molecule has 4 heteroatoms. The Hall–Kier alpha value is -0.610. The van der Waals surface area contributed by atoms with Gasteiger partial charge in [0.25, 0.3) is 0 Å². The van der Waals surface area contributed by atoms with Gasteiger partial charge in [-0.1, -0.05) is 48.9 Å². The molecule has 0 aliphatic carbocycles. The highest BCUT2D eigenvalue weighted by molar-refractivity contribution is 6.21. The molecule has 0 radical (unpaired) electrons. The maximum atomic E-state index is 9.35. The van der Waals surface area contributed by atoms with Gasteiger partial charge in [0.15, 0.2) is 11.4 Å². The fraction of sp³-hybridized carbons (Fsp3) is 0.500. The Morgan fingerprint density at radius 2 is 1.75 bits per heavy atom. The Labute approximate surface area is 101 Å². The topological polar surface area (TPSA) is 53.0 Å². The van der Waals surface area contributed by atoms with Gasteiger partial charge < -0.3 is 14.9 Å². The van der Waals surface area contributed by atoms with Crippen LogP contribution < -0.4 is 0 Å². The number of rotatable bonds is 2. The van der Waals surface area contributed by atoms with Gasteiger partial charge >= 0.3 is 0 Å². The maximum Gasteiger partial charge on any atom is 0.189 e. The summed E-state index contributed by atoms with van der Waals surface area (Å²) in [7, 11) is 0. The van der Waals surface area contributed by atoms with Crippen molar-refractivity contribution in [3.63, 3.8) is 0 Å². The Kier molecular flexibility index (Phi) is 4.74. The van der Waals surface area contributed by atoms with Crippen molar-refractivity contribution in [1.29, 1.82) is 0 Å². The van der Waals surface area contributed by atoms with Crippen LogP contribution in [-0.2, 0) is 10.5 Å². The zero-order valence-electron chi connectivity index (χ0n) is 9.43. The van der Waals surface area contributed by atoms with Crippen LogP contribution in [0.25, 0.3) is 0 Å². The third kappa shape index (κ3) is 4.10. The average Bonchev–Trinajstić information content (AvgIpc) is 2.94. The van der Waals surface area contributed by atoms with E-state index in [0.717, 1.165) is 0 Å². The molecule has 1 aliphatic heterocycles. The van der Waals surface area contributed by atoms with Crippen molar-refractivity contribution in [3.8, 4) is 0 Å². The second-order valence-corrected chi connectivity index (χ2v) is 4.16. The summed E-state index contributed by atoms with van der Waals surface area (Å²) in [6, 6.07) is 8.81. The Morgan fingerprint density at radius 1 is 1.31 bits per heavy atom. The second kappa shape index (κ2) is 5.64. The van der Waals surface area contributed by atoms with Crippen LogP contribution in [0.4, 0.5) is 0 Å². The number of halogens is 1. The first-order chi connectivity index (χ1) is 7.47. The highest BCUT2D eigenvalue weighted by Gasteiger charge is 2.30. The monoisotopic (exact) mass is 244 g/mol. The lowest BCUT2D eigenvalue weighted by molar-refractivity contribution is -0.171. The van der Waals surface area contributed by atoms with E-state index in [0.29, 0.717) is 18.1 Å². The van der Waals surface area contributed by atoms with E-state index in [2.05, 4.69) is 4.74 Å². The summed E-state index contributed by atoms with van der Waals surface area (Å²) in [6.45, 7) is 3.67. The first-order valence-electron chi connectivity index (χ1n) is 5.27. The summed E-state index contributed by atoms with van der Waals surface area (Å²) in [6.07, 6.45) is 0.619. The van der Waals surface area contributed by atoms with Gasteiger partial charge in [-0.05, 0) is 6.92 Å². The second-order valence-electron chi connectivity index (χ2n) is 3.73. The highest BCUT2D eigenvalue weighted by Crippen LogP contribution is 2.23. The summed E-state index contributed by atoms with van der Waals surface area (Å²) in [4.78, 5) is 0. The van der Waals surface area contributed by atoms with Crippen LogP contribution in [0.3, 0.4) is 0 Å². The largest absolute Gasteiger partial charge is 0.362 e. The van der Waals surface area contributed by atoms with Crippen molar-refractivity contribution in [2.24, 2.45) is 0 Å². The molecule has 0 aromatic heterocycles. The van der Waals surface area contributed by atoms with Crippen LogP contribution in [0.1, 0.15) is 25.8 Å². The summed E-state index contributed by atoms with van der Waals surface area (Å²) >= 11 is 5.31. The lowest BCUT2D eigenvalue weighted by Gasteiger charge is -2.19. The molecule has 1 fully saturated rings. The van der Waals surface area contributed by atoms with E-state index in [4.69, 9.17) is 11.6 Å². The van der Waals surface area contributed by atoms with Crippen LogP contribution in [-0.4, -0.2) is 21.9 Å². The molecule has 0 amide bonds. The zero-order chi connectivity index (χ0) is 12.2. The summed E-state index contributed by atoms with van der Waals surface area (Å²) in [5.41, 5.74) is 0.567. The predicted molar refractivity (Wildman–Crippen MR) is 63.0 cm³/mol. The SMILES string of the molecule is CC1OC1Cl.CCC(O)(O)c1ccccc1. The molecule has 1 aromatic rings. The third-order valence-corrected chi connectivity index (χ3v) is 2.82.